The van der Waals surface area contributed by atoms with E-state index in [1.165, 1.54) is 0 Å². The summed E-state index contributed by atoms with van der Waals surface area (Å²) in [4.78, 5) is 22.7. The van der Waals surface area contributed by atoms with Gasteiger partial charge in [-0.05, 0) is 13.3 Å². The Morgan fingerprint density at radius 2 is 2.23 bits per heavy atom. The van der Waals surface area contributed by atoms with Crippen LogP contribution in [0.2, 0.25) is 0 Å². The first-order valence-electron chi connectivity index (χ1n) is 4.51. The van der Waals surface area contributed by atoms with Crippen molar-refractivity contribution in [2.45, 2.75) is 26.4 Å². The van der Waals surface area contributed by atoms with Crippen LogP contribution in [0.5, 0.6) is 0 Å². The van der Waals surface area contributed by atoms with Crippen LogP contribution in [0.25, 0.3) is 0 Å². The average molecular weight is 183 g/mol. The Hall–Kier alpha value is -0.900. The molecule has 2 amide bonds. The molecule has 72 valence electrons. The number of nitrogens with one attached hydrogen (secondary N) is 1. The first-order chi connectivity index (χ1) is 6.04. The zero-order valence-electron chi connectivity index (χ0n) is 7.79. The fourth-order valence-electron chi connectivity index (χ4n) is 1.78. The van der Waals surface area contributed by atoms with Gasteiger partial charge >= 0.3 is 0 Å². The van der Waals surface area contributed by atoms with Crippen LogP contribution in [0.4, 0.5) is 0 Å². The van der Waals surface area contributed by atoms with Crippen molar-refractivity contribution in [2.24, 2.45) is 11.3 Å². The minimum Gasteiger partial charge on any atom is -0.373 e. The van der Waals surface area contributed by atoms with Gasteiger partial charge < -0.3 is 4.74 Å². The molecule has 13 heavy (non-hydrogen) atoms. The summed E-state index contributed by atoms with van der Waals surface area (Å²) in [5, 5.41) is 2.36. The van der Waals surface area contributed by atoms with Crippen molar-refractivity contribution in [3.8, 4) is 0 Å². The van der Waals surface area contributed by atoms with Crippen LogP contribution >= 0.6 is 0 Å². The molecule has 0 bridgehead atoms. The van der Waals surface area contributed by atoms with Crippen LogP contribution < -0.4 is 5.32 Å². The third kappa shape index (κ3) is 1.25. The van der Waals surface area contributed by atoms with Gasteiger partial charge in [-0.2, -0.15) is 0 Å². The summed E-state index contributed by atoms with van der Waals surface area (Å²) in [6, 6.07) is 0. The van der Waals surface area contributed by atoms with Crippen molar-refractivity contribution in [3.63, 3.8) is 0 Å². The number of hydrogen-bond donors (Lipinski definition) is 1. The Morgan fingerprint density at radius 1 is 1.62 bits per heavy atom. The van der Waals surface area contributed by atoms with E-state index < -0.39 is 5.41 Å². The third-order valence-electron chi connectivity index (χ3n) is 3.16. The molecule has 3 unspecified atom stereocenters. The Bertz CT molecular complexity index is 272. The summed E-state index contributed by atoms with van der Waals surface area (Å²) in [6.07, 6.45) is 0.843. The van der Waals surface area contributed by atoms with Gasteiger partial charge in [0.25, 0.3) is 0 Å². The van der Waals surface area contributed by atoms with E-state index >= 15 is 0 Å². The van der Waals surface area contributed by atoms with Crippen LogP contribution in [0.3, 0.4) is 0 Å². The molecular formula is C9H13NO3. The highest BCUT2D eigenvalue weighted by molar-refractivity contribution is 6.07. The first-order valence-corrected chi connectivity index (χ1v) is 4.51. The Balaban J connectivity index is 2.17. The lowest BCUT2D eigenvalue weighted by Crippen LogP contribution is -2.32. The highest BCUT2D eigenvalue weighted by atomic mass is 16.6. The lowest BCUT2D eigenvalue weighted by molar-refractivity contribution is -0.128. The largest absolute Gasteiger partial charge is 0.373 e. The van der Waals surface area contributed by atoms with E-state index in [4.69, 9.17) is 4.74 Å². The lowest BCUT2D eigenvalue weighted by Gasteiger charge is -2.22. The molecule has 4 nitrogen and oxygen atoms in total. The zero-order chi connectivity index (χ0) is 9.64. The van der Waals surface area contributed by atoms with Crippen LogP contribution in [0.1, 0.15) is 20.3 Å². The van der Waals surface area contributed by atoms with Gasteiger partial charge in [0, 0.05) is 5.92 Å². The van der Waals surface area contributed by atoms with Gasteiger partial charge in [0.2, 0.25) is 11.8 Å². The smallest absolute Gasteiger partial charge is 0.233 e. The fraction of sp³-hybridized carbons (Fsp3) is 0.778. The molecule has 4 heteroatoms. The standard InChI is InChI=1S/C9H13NO3/c1-5-7(11)10-8(12)9(5,2)3-6-4-13-6/h5-6H,3-4H2,1-2H3,(H,10,11,12). The van der Waals surface area contributed by atoms with Gasteiger partial charge in [-0.15, -0.1) is 0 Å². The van der Waals surface area contributed by atoms with Crippen molar-refractivity contribution in [3.05, 3.63) is 0 Å². The number of hydrogen-bond acceptors (Lipinski definition) is 3. The monoisotopic (exact) mass is 183 g/mol. The molecule has 0 spiro atoms. The van der Waals surface area contributed by atoms with E-state index in [0.29, 0.717) is 6.42 Å². The SMILES string of the molecule is CC1C(=O)NC(=O)C1(C)CC1CO1. The number of epoxide rings is 1. The van der Waals surface area contributed by atoms with E-state index in [-0.39, 0.29) is 23.8 Å². The maximum Gasteiger partial charge on any atom is 0.233 e. The third-order valence-corrected chi connectivity index (χ3v) is 3.16. The van der Waals surface area contributed by atoms with Crippen molar-refractivity contribution in [1.29, 1.82) is 0 Å². The Morgan fingerprint density at radius 3 is 2.62 bits per heavy atom. The predicted octanol–water partition coefficient (Wildman–Crippen LogP) is 0.0741. The highest BCUT2D eigenvalue weighted by Crippen LogP contribution is 2.40. The van der Waals surface area contributed by atoms with Crippen LogP contribution in [-0.2, 0) is 14.3 Å². The van der Waals surface area contributed by atoms with Crippen molar-refractivity contribution in [1.82, 2.24) is 5.32 Å². The van der Waals surface area contributed by atoms with E-state index in [0.717, 1.165) is 6.61 Å². The predicted molar refractivity (Wildman–Crippen MR) is 44.8 cm³/mol. The molecule has 1 N–H and O–H groups in total. The summed E-state index contributed by atoms with van der Waals surface area (Å²) >= 11 is 0. The number of carbonyl (C=O) groups is 2. The number of imide groups is 1. The molecule has 2 heterocycles. The molecule has 0 aliphatic carbocycles. The van der Waals surface area contributed by atoms with Gasteiger partial charge in [-0.1, -0.05) is 6.92 Å². The van der Waals surface area contributed by atoms with Crippen molar-refractivity contribution >= 4 is 11.8 Å². The molecule has 0 saturated carbocycles. The number of amides is 2. The molecule has 0 aromatic rings. The number of ether oxygens (including phenoxy) is 1. The van der Waals surface area contributed by atoms with Gasteiger partial charge in [0.15, 0.2) is 0 Å². The number of carbonyl (C=O) groups excluding carboxylic acids is 2. The van der Waals surface area contributed by atoms with E-state index in [1.54, 1.807) is 6.92 Å². The van der Waals surface area contributed by atoms with E-state index in [9.17, 15) is 9.59 Å². The summed E-state index contributed by atoms with van der Waals surface area (Å²) in [7, 11) is 0. The quantitative estimate of drug-likeness (QED) is 0.487. The second-order valence-corrected chi connectivity index (χ2v) is 4.12. The van der Waals surface area contributed by atoms with Crippen LogP contribution in [0, 0.1) is 11.3 Å². The van der Waals surface area contributed by atoms with Crippen molar-refractivity contribution in [2.75, 3.05) is 6.61 Å². The molecule has 2 fully saturated rings. The van der Waals surface area contributed by atoms with Crippen LogP contribution in [0.15, 0.2) is 0 Å². The topological polar surface area (TPSA) is 58.7 Å². The zero-order valence-corrected chi connectivity index (χ0v) is 7.79. The summed E-state index contributed by atoms with van der Waals surface area (Å²) in [5.41, 5.74) is -0.557. The van der Waals surface area contributed by atoms with Crippen LogP contribution in [-0.4, -0.2) is 24.5 Å². The fourth-order valence-corrected chi connectivity index (χ4v) is 1.78. The lowest BCUT2D eigenvalue weighted by atomic mass is 9.76. The Kier molecular flexibility index (Phi) is 1.70. The van der Waals surface area contributed by atoms with E-state index in [2.05, 4.69) is 5.32 Å². The maximum atomic E-state index is 11.5. The minimum absolute atomic E-state index is 0.152. The highest BCUT2D eigenvalue weighted by Gasteiger charge is 2.51. The summed E-state index contributed by atoms with van der Waals surface area (Å²) in [5.74, 6) is -0.544. The average Bonchev–Trinajstić information content (AvgIpc) is 2.82. The molecule has 3 atom stereocenters. The maximum absolute atomic E-state index is 11.5. The molecule has 2 aliphatic rings. The van der Waals surface area contributed by atoms with E-state index in [1.807, 2.05) is 6.92 Å². The molecular weight excluding hydrogens is 170 g/mol. The molecule has 0 radical (unpaired) electrons. The second kappa shape index (κ2) is 2.54. The van der Waals surface area contributed by atoms with Gasteiger partial charge in [-0.25, -0.2) is 0 Å². The van der Waals surface area contributed by atoms with Crippen molar-refractivity contribution < 1.29 is 14.3 Å². The van der Waals surface area contributed by atoms with Gasteiger partial charge in [-0.3, -0.25) is 14.9 Å². The summed E-state index contributed by atoms with van der Waals surface area (Å²) in [6.45, 7) is 4.35. The van der Waals surface area contributed by atoms with Gasteiger partial charge in [0.05, 0.1) is 18.1 Å². The molecule has 0 aromatic carbocycles. The minimum atomic E-state index is -0.557. The Labute approximate surface area is 76.6 Å². The second-order valence-electron chi connectivity index (χ2n) is 4.12. The molecule has 2 saturated heterocycles. The van der Waals surface area contributed by atoms with Gasteiger partial charge in [0.1, 0.15) is 0 Å². The molecule has 2 rings (SSSR count). The first kappa shape index (κ1) is 8.69. The summed E-state index contributed by atoms with van der Waals surface area (Å²) < 4.78 is 5.08. The molecule has 2 aliphatic heterocycles. The molecule has 0 aromatic heterocycles. The normalized spacial score (nSPS) is 43.5. The number of rotatable bonds is 2.